The van der Waals surface area contributed by atoms with Gasteiger partial charge in [0.25, 0.3) is 0 Å². The second kappa shape index (κ2) is 6.59. The highest BCUT2D eigenvalue weighted by Gasteiger charge is 1.99. The van der Waals surface area contributed by atoms with Crippen molar-refractivity contribution in [2.45, 2.75) is 19.9 Å². The number of hydrogen-bond acceptors (Lipinski definition) is 4. The van der Waals surface area contributed by atoms with Gasteiger partial charge in [-0.2, -0.15) is 5.48 Å². The lowest BCUT2D eigenvalue weighted by Crippen LogP contribution is -2.16. The van der Waals surface area contributed by atoms with Crippen molar-refractivity contribution in [1.82, 2.24) is 5.48 Å². The van der Waals surface area contributed by atoms with Crippen molar-refractivity contribution in [1.29, 1.82) is 0 Å². The lowest BCUT2D eigenvalue weighted by atomic mass is 10.4. The van der Waals surface area contributed by atoms with Crippen LogP contribution in [0.4, 0.5) is 0 Å². The Labute approximate surface area is 84.1 Å². The number of furan rings is 1. The predicted molar refractivity (Wildman–Crippen MR) is 52.8 cm³/mol. The van der Waals surface area contributed by atoms with Gasteiger partial charge in [-0.1, -0.05) is 6.92 Å². The van der Waals surface area contributed by atoms with Crippen molar-refractivity contribution in [3.05, 3.63) is 23.7 Å². The largest absolute Gasteiger partial charge is 0.465 e. The van der Waals surface area contributed by atoms with Crippen LogP contribution >= 0.6 is 0 Å². The Bertz CT molecular complexity index is 247. The van der Waals surface area contributed by atoms with Crippen LogP contribution in [0.3, 0.4) is 0 Å². The van der Waals surface area contributed by atoms with Gasteiger partial charge in [-0.3, -0.25) is 4.84 Å². The molecule has 0 saturated heterocycles. The minimum Gasteiger partial charge on any atom is -0.465 e. The van der Waals surface area contributed by atoms with Crippen LogP contribution in [0.5, 0.6) is 0 Å². The summed E-state index contributed by atoms with van der Waals surface area (Å²) in [5.41, 5.74) is 2.80. The fourth-order valence-electron chi connectivity index (χ4n) is 1.03. The summed E-state index contributed by atoms with van der Waals surface area (Å²) < 4.78 is 10.3. The van der Waals surface area contributed by atoms with Crippen molar-refractivity contribution in [2.75, 3.05) is 20.3 Å². The maximum atomic E-state index is 5.47. The van der Waals surface area contributed by atoms with E-state index in [1.54, 1.807) is 7.11 Å². The van der Waals surface area contributed by atoms with Crippen molar-refractivity contribution in [2.24, 2.45) is 0 Å². The number of hydrogen-bond donors (Lipinski definition) is 1. The van der Waals surface area contributed by atoms with E-state index in [1.807, 2.05) is 12.1 Å². The zero-order valence-electron chi connectivity index (χ0n) is 8.71. The molecule has 0 unspecified atom stereocenters. The Morgan fingerprint density at radius 1 is 1.29 bits per heavy atom. The third-order valence-corrected chi connectivity index (χ3v) is 1.80. The first-order valence-electron chi connectivity index (χ1n) is 4.78. The van der Waals surface area contributed by atoms with Gasteiger partial charge in [0.15, 0.2) is 0 Å². The van der Waals surface area contributed by atoms with E-state index >= 15 is 0 Å². The standard InChI is InChI=1S/C10H17NO3/c1-3-9-4-5-10(14-9)8-11-13-7-6-12-2/h4-5,11H,3,6-8H2,1-2H3. The monoisotopic (exact) mass is 199 g/mol. The van der Waals surface area contributed by atoms with Crippen molar-refractivity contribution >= 4 is 0 Å². The van der Waals surface area contributed by atoms with E-state index in [1.165, 1.54) is 0 Å². The van der Waals surface area contributed by atoms with Gasteiger partial charge in [0.05, 0.1) is 19.8 Å². The van der Waals surface area contributed by atoms with E-state index in [-0.39, 0.29) is 0 Å². The maximum Gasteiger partial charge on any atom is 0.120 e. The van der Waals surface area contributed by atoms with Crippen LogP contribution < -0.4 is 5.48 Å². The third kappa shape index (κ3) is 3.91. The molecule has 80 valence electrons. The summed E-state index contributed by atoms with van der Waals surface area (Å²) in [7, 11) is 1.64. The van der Waals surface area contributed by atoms with Gasteiger partial charge >= 0.3 is 0 Å². The van der Waals surface area contributed by atoms with E-state index in [0.717, 1.165) is 17.9 Å². The molecule has 0 bridgehead atoms. The van der Waals surface area contributed by atoms with Gasteiger partial charge in [0.2, 0.25) is 0 Å². The average molecular weight is 199 g/mol. The Morgan fingerprint density at radius 3 is 2.71 bits per heavy atom. The topological polar surface area (TPSA) is 43.6 Å². The molecule has 0 radical (unpaired) electrons. The van der Waals surface area contributed by atoms with E-state index in [0.29, 0.717) is 19.8 Å². The molecule has 0 aromatic carbocycles. The molecular weight excluding hydrogens is 182 g/mol. The van der Waals surface area contributed by atoms with Crippen LogP contribution in [0.25, 0.3) is 0 Å². The normalized spacial score (nSPS) is 10.7. The maximum absolute atomic E-state index is 5.47. The SMILES string of the molecule is CCc1ccc(CNOCCOC)o1. The van der Waals surface area contributed by atoms with Crippen LogP contribution in [0, 0.1) is 0 Å². The molecule has 0 amide bonds. The summed E-state index contributed by atoms with van der Waals surface area (Å²) in [6.07, 6.45) is 0.921. The highest BCUT2D eigenvalue weighted by Crippen LogP contribution is 2.07. The van der Waals surface area contributed by atoms with Gasteiger partial charge in [0, 0.05) is 13.5 Å². The zero-order chi connectivity index (χ0) is 10.2. The first kappa shape index (κ1) is 11.2. The minimum absolute atomic E-state index is 0.540. The molecule has 1 rings (SSSR count). The molecule has 0 fully saturated rings. The van der Waals surface area contributed by atoms with Gasteiger partial charge in [-0.25, -0.2) is 0 Å². The predicted octanol–water partition coefficient (Wildman–Crippen LogP) is 1.51. The number of hydroxylamine groups is 1. The molecule has 0 atom stereocenters. The molecule has 0 aliphatic carbocycles. The number of ether oxygens (including phenoxy) is 1. The minimum atomic E-state index is 0.540. The van der Waals surface area contributed by atoms with Gasteiger partial charge in [0.1, 0.15) is 11.5 Å². The number of aryl methyl sites for hydroxylation is 1. The summed E-state index contributed by atoms with van der Waals surface area (Å²) in [4.78, 5) is 5.09. The van der Waals surface area contributed by atoms with E-state index in [2.05, 4.69) is 12.4 Å². The van der Waals surface area contributed by atoms with Crippen molar-refractivity contribution in [3.63, 3.8) is 0 Å². The van der Waals surface area contributed by atoms with Gasteiger partial charge in [-0.05, 0) is 12.1 Å². The summed E-state index contributed by atoms with van der Waals surface area (Å²) in [5, 5.41) is 0. The van der Waals surface area contributed by atoms with E-state index in [9.17, 15) is 0 Å². The summed E-state index contributed by atoms with van der Waals surface area (Å²) in [5.74, 6) is 1.89. The van der Waals surface area contributed by atoms with Gasteiger partial charge < -0.3 is 9.15 Å². The second-order valence-corrected chi connectivity index (χ2v) is 2.88. The third-order valence-electron chi connectivity index (χ3n) is 1.80. The number of rotatable bonds is 7. The highest BCUT2D eigenvalue weighted by atomic mass is 16.7. The van der Waals surface area contributed by atoms with E-state index < -0.39 is 0 Å². The molecular formula is C10H17NO3. The summed E-state index contributed by atoms with van der Waals surface area (Å²) in [6.45, 7) is 3.78. The van der Waals surface area contributed by atoms with Gasteiger partial charge in [-0.15, -0.1) is 0 Å². The molecule has 4 nitrogen and oxygen atoms in total. The van der Waals surface area contributed by atoms with Crippen LogP contribution in [0.2, 0.25) is 0 Å². The molecule has 0 spiro atoms. The Kier molecular flexibility index (Phi) is 5.29. The van der Waals surface area contributed by atoms with Crippen molar-refractivity contribution in [3.8, 4) is 0 Å². The Balaban J connectivity index is 2.12. The number of methoxy groups -OCH3 is 1. The van der Waals surface area contributed by atoms with Crippen LogP contribution in [0.1, 0.15) is 18.4 Å². The lowest BCUT2D eigenvalue weighted by molar-refractivity contribution is 0.000932. The summed E-state index contributed by atoms with van der Waals surface area (Å²) >= 11 is 0. The van der Waals surface area contributed by atoms with E-state index in [4.69, 9.17) is 14.0 Å². The fraction of sp³-hybridized carbons (Fsp3) is 0.600. The number of nitrogens with one attached hydrogen (secondary N) is 1. The Hall–Kier alpha value is -0.840. The fourth-order valence-corrected chi connectivity index (χ4v) is 1.03. The Morgan fingerprint density at radius 2 is 2.07 bits per heavy atom. The molecule has 14 heavy (non-hydrogen) atoms. The van der Waals surface area contributed by atoms with Crippen LogP contribution in [-0.4, -0.2) is 20.3 Å². The lowest BCUT2D eigenvalue weighted by Gasteiger charge is -2.02. The summed E-state index contributed by atoms with van der Waals surface area (Å²) in [6, 6.07) is 3.93. The molecule has 0 aliphatic heterocycles. The molecule has 0 saturated carbocycles. The molecule has 1 N–H and O–H groups in total. The average Bonchev–Trinajstić information content (AvgIpc) is 2.65. The van der Waals surface area contributed by atoms with Crippen LogP contribution in [0.15, 0.2) is 16.5 Å². The molecule has 4 heteroatoms. The van der Waals surface area contributed by atoms with Crippen LogP contribution in [-0.2, 0) is 22.5 Å². The molecule has 1 heterocycles. The first-order chi connectivity index (χ1) is 6.86. The quantitative estimate of drug-likeness (QED) is 0.534. The van der Waals surface area contributed by atoms with Crippen molar-refractivity contribution < 1.29 is 14.0 Å². The molecule has 0 aliphatic rings. The second-order valence-electron chi connectivity index (χ2n) is 2.88. The molecule has 1 aromatic heterocycles. The first-order valence-corrected chi connectivity index (χ1v) is 4.78. The molecule has 1 aromatic rings. The highest BCUT2D eigenvalue weighted by molar-refractivity contribution is 5.06. The smallest absolute Gasteiger partial charge is 0.120 e. The zero-order valence-corrected chi connectivity index (χ0v) is 8.71.